The topological polar surface area (TPSA) is 93.8 Å². The standard InChI is InChI=1S/C12H15N5OS3/c1-6(19-12-17-16-10(13)21-12)9(18)15-11-14-7-4-2-3-5-8(7)20-11/h6H,2-5H2,1H3,(H2,13,16)(H,14,15,18)/t6-/m0/s1. The number of hydrogen-bond acceptors (Lipinski definition) is 8. The number of rotatable bonds is 4. The molecule has 0 aliphatic heterocycles. The number of fused-ring (bicyclic) bond motifs is 1. The summed E-state index contributed by atoms with van der Waals surface area (Å²) in [5.41, 5.74) is 6.68. The van der Waals surface area contributed by atoms with E-state index in [-0.39, 0.29) is 11.2 Å². The lowest BCUT2D eigenvalue weighted by atomic mass is 10.0. The van der Waals surface area contributed by atoms with E-state index >= 15 is 0 Å². The Balaban J connectivity index is 1.61. The monoisotopic (exact) mass is 341 g/mol. The Bertz CT molecular complexity index is 630. The lowest BCUT2D eigenvalue weighted by Crippen LogP contribution is -2.22. The summed E-state index contributed by atoms with van der Waals surface area (Å²) in [7, 11) is 0. The molecule has 1 atom stereocenters. The van der Waals surface area contributed by atoms with Gasteiger partial charge in [-0.25, -0.2) is 4.98 Å². The van der Waals surface area contributed by atoms with Crippen LogP contribution in [-0.2, 0) is 17.6 Å². The van der Waals surface area contributed by atoms with E-state index in [1.165, 1.54) is 40.8 Å². The molecule has 0 unspecified atom stereocenters. The van der Waals surface area contributed by atoms with Crippen molar-refractivity contribution in [3.05, 3.63) is 10.6 Å². The zero-order chi connectivity index (χ0) is 14.8. The highest BCUT2D eigenvalue weighted by atomic mass is 32.2. The summed E-state index contributed by atoms with van der Waals surface area (Å²) in [4.78, 5) is 18.0. The Morgan fingerprint density at radius 2 is 2.14 bits per heavy atom. The Labute approximate surface area is 134 Å². The molecule has 2 aromatic rings. The number of nitrogen functional groups attached to an aromatic ring is 1. The molecule has 112 valence electrons. The van der Waals surface area contributed by atoms with Crippen LogP contribution in [0.2, 0.25) is 0 Å². The van der Waals surface area contributed by atoms with E-state index in [0.717, 1.165) is 18.5 Å². The molecule has 0 aromatic carbocycles. The Hall–Kier alpha value is -1.19. The van der Waals surface area contributed by atoms with Crippen molar-refractivity contribution in [1.29, 1.82) is 0 Å². The van der Waals surface area contributed by atoms with Gasteiger partial charge in [0.25, 0.3) is 0 Å². The van der Waals surface area contributed by atoms with Gasteiger partial charge in [-0.15, -0.1) is 21.5 Å². The molecule has 2 heterocycles. The van der Waals surface area contributed by atoms with Crippen molar-refractivity contribution in [2.45, 2.75) is 42.2 Å². The molecule has 3 N–H and O–H groups in total. The minimum atomic E-state index is -0.265. The highest BCUT2D eigenvalue weighted by Gasteiger charge is 2.20. The quantitative estimate of drug-likeness (QED) is 0.830. The Morgan fingerprint density at radius 3 is 2.86 bits per heavy atom. The number of aryl methyl sites for hydroxylation is 2. The molecule has 0 spiro atoms. The molecule has 0 bridgehead atoms. The number of thiazole rings is 1. The number of hydrogen-bond donors (Lipinski definition) is 2. The van der Waals surface area contributed by atoms with E-state index in [1.807, 2.05) is 6.92 Å². The fourth-order valence-electron chi connectivity index (χ4n) is 2.09. The number of nitrogens with one attached hydrogen (secondary N) is 1. The van der Waals surface area contributed by atoms with Crippen molar-refractivity contribution in [1.82, 2.24) is 15.2 Å². The molecule has 9 heteroatoms. The van der Waals surface area contributed by atoms with Crippen LogP contribution in [0.15, 0.2) is 4.34 Å². The molecule has 0 saturated heterocycles. The van der Waals surface area contributed by atoms with E-state index in [9.17, 15) is 4.79 Å². The van der Waals surface area contributed by atoms with E-state index in [4.69, 9.17) is 5.73 Å². The lowest BCUT2D eigenvalue weighted by molar-refractivity contribution is -0.115. The molecule has 21 heavy (non-hydrogen) atoms. The molecule has 1 aliphatic carbocycles. The SMILES string of the molecule is C[C@H](Sc1nnc(N)s1)C(=O)Nc1nc2c(s1)CCCC2. The van der Waals surface area contributed by atoms with Crippen LogP contribution in [0, 0.1) is 0 Å². The zero-order valence-corrected chi connectivity index (χ0v) is 13.9. The van der Waals surface area contributed by atoms with Gasteiger partial charge >= 0.3 is 0 Å². The van der Waals surface area contributed by atoms with Crippen LogP contribution in [0.25, 0.3) is 0 Å². The van der Waals surface area contributed by atoms with E-state index in [2.05, 4.69) is 20.5 Å². The molecule has 0 saturated carbocycles. The summed E-state index contributed by atoms with van der Waals surface area (Å²) in [6.07, 6.45) is 4.51. The number of carbonyl (C=O) groups excluding carboxylic acids is 1. The lowest BCUT2D eigenvalue weighted by Gasteiger charge is -2.07. The smallest absolute Gasteiger partial charge is 0.239 e. The van der Waals surface area contributed by atoms with Crippen LogP contribution >= 0.6 is 34.4 Å². The number of thioether (sulfide) groups is 1. The predicted molar refractivity (Wildman–Crippen MR) is 87.0 cm³/mol. The predicted octanol–water partition coefficient (Wildman–Crippen LogP) is 2.57. The Morgan fingerprint density at radius 1 is 1.33 bits per heavy atom. The molecular formula is C12H15N5OS3. The summed E-state index contributed by atoms with van der Waals surface area (Å²) < 4.78 is 0.702. The van der Waals surface area contributed by atoms with Crippen molar-refractivity contribution in [2.24, 2.45) is 0 Å². The maximum Gasteiger partial charge on any atom is 0.239 e. The highest BCUT2D eigenvalue weighted by Crippen LogP contribution is 2.31. The normalized spacial score (nSPS) is 15.5. The summed E-state index contributed by atoms with van der Waals surface area (Å²) in [6.45, 7) is 1.84. The molecule has 1 amide bonds. The van der Waals surface area contributed by atoms with Gasteiger partial charge in [-0.05, 0) is 32.6 Å². The zero-order valence-electron chi connectivity index (χ0n) is 11.5. The number of amides is 1. The number of anilines is 2. The number of carbonyl (C=O) groups is 1. The van der Waals surface area contributed by atoms with Gasteiger partial charge in [0.15, 0.2) is 9.47 Å². The Kier molecular flexibility index (Phi) is 4.41. The van der Waals surface area contributed by atoms with Gasteiger partial charge in [0.2, 0.25) is 11.0 Å². The second-order valence-electron chi connectivity index (χ2n) is 4.75. The molecular weight excluding hydrogens is 326 g/mol. The van der Waals surface area contributed by atoms with Crippen LogP contribution in [0.4, 0.5) is 10.3 Å². The van der Waals surface area contributed by atoms with Crippen LogP contribution in [0.1, 0.15) is 30.3 Å². The molecule has 3 rings (SSSR count). The first kappa shape index (κ1) is 14.7. The van der Waals surface area contributed by atoms with Crippen molar-refractivity contribution in [3.63, 3.8) is 0 Å². The summed E-state index contributed by atoms with van der Waals surface area (Å²) in [5.74, 6) is -0.0696. The first-order valence-electron chi connectivity index (χ1n) is 6.67. The minimum absolute atomic E-state index is 0.0696. The van der Waals surface area contributed by atoms with Gasteiger partial charge in [0, 0.05) is 4.88 Å². The first-order valence-corrected chi connectivity index (χ1v) is 9.18. The van der Waals surface area contributed by atoms with Crippen LogP contribution < -0.4 is 11.1 Å². The maximum atomic E-state index is 12.2. The van der Waals surface area contributed by atoms with Gasteiger partial charge in [-0.1, -0.05) is 23.1 Å². The summed E-state index contributed by atoms with van der Waals surface area (Å²) >= 11 is 4.24. The molecule has 2 aromatic heterocycles. The minimum Gasteiger partial charge on any atom is -0.374 e. The van der Waals surface area contributed by atoms with Gasteiger partial charge in [-0.3, -0.25) is 4.79 Å². The van der Waals surface area contributed by atoms with Crippen LogP contribution in [0.5, 0.6) is 0 Å². The number of nitrogens with two attached hydrogens (primary N) is 1. The third-order valence-electron chi connectivity index (χ3n) is 3.14. The third kappa shape index (κ3) is 3.53. The average Bonchev–Trinajstić information content (AvgIpc) is 3.04. The van der Waals surface area contributed by atoms with E-state index in [0.29, 0.717) is 14.6 Å². The first-order chi connectivity index (χ1) is 10.1. The van der Waals surface area contributed by atoms with Crippen LogP contribution in [-0.4, -0.2) is 26.3 Å². The van der Waals surface area contributed by atoms with Crippen molar-refractivity contribution in [2.75, 3.05) is 11.1 Å². The van der Waals surface area contributed by atoms with Gasteiger partial charge < -0.3 is 11.1 Å². The maximum absolute atomic E-state index is 12.2. The van der Waals surface area contributed by atoms with Gasteiger partial charge in [0.05, 0.1) is 10.9 Å². The molecule has 0 fully saturated rings. The van der Waals surface area contributed by atoms with E-state index in [1.54, 1.807) is 11.3 Å². The molecule has 0 radical (unpaired) electrons. The average molecular weight is 341 g/mol. The number of nitrogens with zero attached hydrogens (tertiary/aromatic N) is 3. The van der Waals surface area contributed by atoms with Crippen molar-refractivity contribution >= 4 is 50.6 Å². The van der Waals surface area contributed by atoms with E-state index < -0.39 is 0 Å². The highest BCUT2D eigenvalue weighted by molar-refractivity contribution is 8.02. The molecule has 1 aliphatic rings. The summed E-state index contributed by atoms with van der Waals surface area (Å²) in [5, 5.41) is 11.4. The third-order valence-corrected chi connectivity index (χ3v) is 6.15. The van der Waals surface area contributed by atoms with Crippen molar-refractivity contribution < 1.29 is 4.79 Å². The van der Waals surface area contributed by atoms with Gasteiger partial charge in [-0.2, -0.15) is 0 Å². The largest absolute Gasteiger partial charge is 0.374 e. The fourth-order valence-corrected chi connectivity index (χ4v) is 4.92. The van der Waals surface area contributed by atoms with Crippen LogP contribution in [0.3, 0.4) is 0 Å². The second kappa shape index (κ2) is 6.29. The number of aromatic nitrogens is 3. The van der Waals surface area contributed by atoms with Crippen molar-refractivity contribution in [3.8, 4) is 0 Å². The van der Waals surface area contributed by atoms with Gasteiger partial charge in [0.1, 0.15) is 0 Å². The summed E-state index contributed by atoms with van der Waals surface area (Å²) in [6, 6.07) is 0. The fraction of sp³-hybridized carbons (Fsp3) is 0.500. The second-order valence-corrected chi connectivity index (χ2v) is 8.43. The molecule has 6 nitrogen and oxygen atoms in total.